The molecule has 1 aliphatic carbocycles. The minimum absolute atomic E-state index is 0.101. The summed E-state index contributed by atoms with van der Waals surface area (Å²) in [5, 5.41) is 47.6. The molecule has 0 aliphatic heterocycles. The maximum absolute atomic E-state index is 11.1. The van der Waals surface area contributed by atoms with Crippen molar-refractivity contribution in [3.8, 4) is 17.2 Å². The Hall–Kier alpha value is -3.41. The number of rotatable bonds is 3. The third kappa shape index (κ3) is 3.82. The van der Waals surface area contributed by atoms with E-state index in [1.54, 1.807) is 0 Å². The SMILES string of the molecule is O=C1C=C(O)C(=C/C=C/C=C\c2c(O)cc(O)cc2O)C(O)=C1. The largest absolute Gasteiger partial charge is 0.508 e. The van der Waals surface area contributed by atoms with Crippen molar-refractivity contribution < 1.29 is 30.3 Å². The maximum Gasteiger partial charge on any atom is 0.186 e. The molecule has 0 spiro atoms. The van der Waals surface area contributed by atoms with Gasteiger partial charge in [0.2, 0.25) is 0 Å². The van der Waals surface area contributed by atoms with Crippen LogP contribution >= 0.6 is 0 Å². The Morgan fingerprint density at radius 3 is 1.91 bits per heavy atom. The Morgan fingerprint density at radius 2 is 1.35 bits per heavy atom. The smallest absolute Gasteiger partial charge is 0.186 e. The summed E-state index contributed by atoms with van der Waals surface area (Å²) in [7, 11) is 0. The normalized spacial score (nSPS) is 15.1. The number of hydrogen-bond donors (Lipinski definition) is 5. The van der Waals surface area contributed by atoms with Gasteiger partial charge in [-0.1, -0.05) is 18.2 Å². The lowest BCUT2D eigenvalue weighted by Gasteiger charge is -2.08. The molecule has 1 aliphatic rings. The quantitative estimate of drug-likeness (QED) is 0.547. The molecule has 0 aromatic heterocycles. The van der Waals surface area contributed by atoms with Crippen molar-refractivity contribution in [1.82, 2.24) is 0 Å². The Labute approximate surface area is 131 Å². The molecule has 0 unspecified atom stereocenters. The van der Waals surface area contributed by atoms with Crippen LogP contribution in [0, 0.1) is 0 Å². The highest BCUT2D eigenvalue weighted by molar-refractivity contribution is 6.02. The Bertz CT molecular complexity index is 746. The molecule has 0 amide bonds. The second-order valence-corrected chi connectivity index (χ2v) is 4.68. The number of carbonyl (C=O) groups excluding carboxylic acids is 1. The monoisotopic (exact) mass is 314 g/mol. The molecule has 0 radical (unpaired) electrons. The van der Waals surface area contributed by atoms with E-state index in [9.17, 15) is 30.3 Å². The summed E-state index contributed by atoms with van der Waals surface area (Å²) in [6.07, 6.45) is 9.29. The van der Waals surface area contributed by atoms with E-state index >= 15 is 0 Å². The number of phenolic OH excluding ortho intramolecular Hbond substituents is 3. The summed E-state index contributed by atoms with van der Waals surface area (Å²) in [5.74, 6) is -1.99. The van der Waals surface area contributed by atoms with E-state index in [4.69, 9.17) is 0 Å². The average Bonchev–Trinajstić information content (AvgIpc) is 2.42. The first-order valence-corrected chi connectivity index (χ1v) is 6.54. The molecule has 0 fully saturated rings. The molecule has 118 valence electrons. The molecule has 0 atom stereocenters. The number of aliphatic hydroxyl groups excluding tert-OH is 2. The molecule has 0 saturated heterocycles. The number of carbonyl (C=O) groups is 1. The number of ketones is 1. The number of aliphatic hydroxyl groups is 2. The van der Waals surface area contributed by atoms with Crippen molar-refractivity contribution >= 4 is 11.9 Å². The van der Waals surface area contributed by atoms with E-state index < -0.39 is 5.78 Å². The molecule has 0 bridgehead atoms. The van der Waals surface area contributed by atoms with Gasteiger partial charge in [-0.25, -0.2) is 0 Å². The average molecular weight is 314 g/mol. The Kier molecular flexibility index (Phi) is 4.56. The van der Waals surface area contributed by atoms with Gasteiger partial charge in [0.05, 0.1) is 11.1 Å². The lowest BCUT2D eigenvalue weighted by Crippen LogP contribution is -2.04. The lowest BCUT2D eigenvalue weighted by atomic mass is 10.0. The Balaban J connectivity index is 2.14. The zero-order valence-corrected chi connectivity index (χ0v) is 11.8. The first kappa shape index (κ1) is 16.0. The maximum atomic E-state index is 11.1. The van der Waals surface area contributed by atoms with Gasteiger partial charge in [0.1, 0.15) is 28.8 Å². The zero-order chi connectivity index (χ0) is 17.0. The van der Waals surface area contributed by atoms with Crippen molar-refractivity contribution in [3.05, 3.63) is 71.2 Å². The van der Waals surface area contributed by atoms with E-state index in [-0.39, 0.29) is 39.9 Å². The van der Waals surface area contributed by atoms with Crippen molar-refractivity contribution in [3.63, 3.8) is 0 Å². The number of phenols is 3. The molecule has 0 heterocycles. The van der Waals surface area contributed by atoms with Crippen molar-refractivity contribution in [1.29, 1.82) is 0 Å². The molecule has 6 heteroatoms. The third-order valence-electron chi connectivity index (χ3n) is 2.98. The van der Waals surface area contributed by atoms with Gasteiger partial charge in [-0.05, 0) is 12.2 Å². The van der Waals surface area contributed by atoms with Crippen LogP contribution in [0.4, 0.5) is 0 Å². The van der Waals surface area contributed by atoms with Crippen LogP contribution in [0.3, 0.4) is 0 Å². The summed E-state index contributed by atoms with van der Waals surface area (Å²) in [6, 6.07) is 2.19. The van der Waals surface area contributed by atoms with Gasteiger partial charge < -0.3 is 25.5 Å². The van der Waals surface area contributed by atoms with Gasteiger partial charge >= 0.3 is 0 Å². The summed E-state index contributed by atoms with van der Waals surface area (Å²) in [4.78, 5) is 11.1. The lowest BCUT2D eigenvalue weighted by molar-refractivity contribution is -0.110. The van der Waals surface area contributed by atoms with Crippen molar-refractivity contribution in [2.75, 3.05) is 0 Å². The molecule has 1 aromatic rings. The van der Waals surface area contributed by atoms with Gasteiger partial charge in [-0.15, -0.1) is 0 Å². The highest BCUT2D eigenvalue weighted by Gasteiger charge is 2.15. The van der Waals surface area contributed by atoms with E-state index in [2.05, 4.69) is 0 Å². The fourth-order valence-corrected chi connectivity index (χ4v) is 1.92. The first-order chi connectivity index (χ1) is 10.9. The second-order valence-electron chi connectivity index (χ2n) is 4.68. The fraction of sp³-hybridized carbons (Fsp3) is 0. The van der Waals surface area contributed by atoms with Gasteiger partial charge in [-0.2, -0.15) is 0 Å². The molecular weight excluding hydrogens is 300 g/mol. The molecular formula is C17H14O6. The fourth-order valence-electron chi connectivity index (χ4n) is 1.92. The molecule has 23 heavy (non-hydrogen) atoms. The Morgan fingerprint density at radius 1 is 0.783 bits per heavy atom. The van der Waals surface area contributed by atoms with Crippen LogP contribution in [-0.2, 0) is 4.79 Å². The van der Waals surface area contributed by atoms with Crippen LogP contribution in [0.2, 0.25) is 0 Å². The standard InChI is InChI=1S/C17H14O6/c18-10-6-14(20)12(15(21)7-10)4-2-1-3-5-13-16(22)8-11(19)9-17(13)23/h1-9,18,20-23H/b3-1+,4-2-. The number of hydrogen-bond acceptors (Lipinski definition) is 6. The summed E-state index contributed by atoms with van der Waals surface area (Å²) in [6.45, 7) is 0. The van der Waals surface area contributed by atoms with Gasteiger partial charge in [-0.3, -0.25) is 4.79 Å². The zero-order valence-electron chi connectivity index (χ0n) is 11.8. The predicted molar refractivity (Wildman–Crippen MR) is 84.1 cm³/mol. The van der Waals surface area contributed by atoms with Crippen LogP contribution in [0.15, 0.2) is 65.7 Å². The third-order valence-corrected chi connectivity index (χ3v) is 2.98. The van der Waals surface area contributed by atoms with Gasteiger partial charge in [0.25, 0.3) is 0 Å². The summed E-state index contributed by atoms with van der Waals surface area (Å²) < 4.78 is 0. The van der Waals surface area contributed by atoms with Crippen LogP contribution < -0.4 is 0 Å². The van der Waals surface area contributed by atoms with Gasteiger partial charge in [0.15, 0.2) is 5.78 Å². The highest BCUT2D eigenvalue weighted by Crippen LogP contribution is 2.32. The van der Waals surface area contributed by atoms with Crippen molar-refractivity contribution in [2.45, 2.75) is 0 Å². The minimum Gasteiger partial charge on any atom is -0.508 e. The van der Waals surface area contributed by atoms with E-state index in [0.717, 1.165) is 24.3 Å². The van der Waals surface area contributed by atoms with Crippen LogP contribution in [-0.4, -0.2) is 31.3 Å². The van der Waals surface area contributed by atoms with Crippen LogP contribution in [0.5, 0.6) is 17.2 Å². The molecule has 1 aromatic carbocycles. The topological polar surface area (TPSA) is 118 Å². The van der Waals surface area contributed by atoms with E-state index in [1.807, 2.05) is 0 Å². The van der Waals surface area contributed by atoms with Gasteiger partial charge in [0, 0.05) is 24.3 Å². The van der Waals surface area contributed by atoms with E-state index in [1.165, 1.54) is 30.4 Å². The molecule has 0 saturated carbocycles. The molecule has 6 nitrogen and oxygen atoms in total. The van der Waals surface area contributed by atoms with E-state index in [0.29, 0.717) is 0 Å². The summed E-state index contributed by atoms with van der Waals surface area (Å²) in [5.41, 5.74) is 0.235. The number of benzene rings is 1. The highest BCUT2D eigenvalue weighted by atomic mass is 16.3. The van der Waals surface area contributed by atoms with Crippen molar-refractivity contribution in [2.24, 2.45) is 0 Å². The second kappa shape index (κ2) is 6.57. The van der Waals surface area contributed by atoms with Crippen LogP contribution in [0.1, 0.15) is 5.56 Å². The number of aromatic hydroxyl groups is 3. The molecule has 2 rings (SSSR count). The predicted octanol–water partition coefficient (Wildman–Crippen LogP) is 2.77. The minimum atomic E-state index is -0.501. The number of allylic oxidation sites excluding steroid dienone is 6. The summed E-state index contributed by atoms with van der Waals surface area (Å²) >= 11 is 0. The first-order valence-electron chi connectivity index (χ1n) is 6.54. The van der Waals surface area contributed by atoms with Crippen LogP contribution in [0.25, 0.3) is 6.08 Å². The molecule has 5 N–H and O–H groups in total.